The average Bonchev–Trinajstić information content (AvgIpc) is 2.77. The molecule has 0 aromatic heterocycles. The van der Waals surface area contributed by atoms with Gasteiger partial charge in [-0.05, 0) is 80.6 Å². The number of carbonyl (C=O) groups is 2. The van der Waals surface area contributed by atoms with Gasteiger partial charge in [-0.25, -0.2) is 0 Å². The predicted octanol–water partition coefficient (Wildman–Crippen LogP) is 4.08. The van der Waals surface area contributed by atoms with Crippen LogP contribution < -0.4 is 0 Å². The Kier molecular flexibility index (Phi) is 3.69. The van der Waals surface area contributed by atoms with Crippen LogP contribution in [0.5, 0.6) is 0 Å². The molecule has 4 aliphatic carbocycles. The first kappa shape index (κ1) is 17.5. The molecular weight excluding hydrogens is 312 g/mol. The number of hydrogen-bond acceptors (Lipinski definition) is 3. The van der Waals surface area contributed by atoms with Gasteiger partial charge in [0.2, 0.25) is 0 Å². The Labute approximate surface area is 151 Å². The van der Waals surface area contributed by atoms with Crippen LogP contribution in [0.25, 0.3) is 0 Å². The molecule has 0 amide bonds. The maximum atomic E-state index is 12.4. The van der Waals surface area contributed by atoms with E-state index in [1.807, 2.05) is 6.08 Å². The van der Waals surface area contributed by atoms with Crippen LogP contribution in [0.3, 0.4) is 0 Å². The van der Waals surface area contributed by atoms with Gasteiger partial charge in [0.1, 0.15) is 5.60 Å². The van der Waals surface area contributed by atoms with E-state index in [2.05, 4.69) is 20.8 Å². The van der Waals surface area contributed by atoms with Crippen molar-refractivity contribution in [3.05, 3.63) is 11.6 Å². The van der Waals surface area contributed by atoms with E-state index >= 15 is 0 Å². The average molecular weight is 344 g/mol. The minimum atomic E-state index is -1.16. The molecule has 4 aliphatic rings. The summed E-state index contributed by atoms with van der Waals surface area (Å²) in [4.78, 5) is 24.3. The first-order valence-electron chi connectivity index (χ1n) is 10.1. The van der Waals surface area contributed by atoms with Gasteiger partial charge in [-0.3, -0.25) is 9.59 Å². The lowest BCUT2D eigenvalue weighted by Crippen LogP contribution is -2.58. The lowest BCUT2D eigenvalue weighted by atomic mass is 9.46. The van der Waals surface area contributed by atoms with Crippen LogP contribution in [0.1, 0.15) is 72.6 Å². The smallest absolute Gasteiger partial charge is 0.162 e. The third kappa shape index (κ3) is 2.02. The predicted molar refractivity (Wildman–Crippen MR) is 96.9 cm³/mol. The Morgan fingerprint density at radius 3 is 2.56 bits per heavy atom. The molecule has 0 saturated heterocycles. The highest BCUT2D eigenvalue weighted by Crippen LogP contribution is 2.68. The van der Waals surface area contributed by atoms with Crippen molar-refractivity contribution in [1.29, 1.82) is 0 Å². The van der Waals surface area contributed by atoms with Crippen molar-refractivity contribution in [3.8, 4) is 0 Å². The highest BCUT2D eigenvalue weighted by molar-refractivity contribution is 5.91. The zero-order valence-electron chi connectivity index (χ0n) is 16.1. The fourth-order valence-electron chi connectivity index (χ4n) is 7.65. The van der Waals surface area contributed by atoms with Crippen molar-refractivity contribution >= 4 is 11.6 Å². The molecule has 0 spiro atoms. The number of rotatable bonds is 1. The van der Waals surface area contributed by atoms with Crippen LogP contribution in [0.4, 0.5) is 0 Å². The second-order valence-electron chi connectivity index (χ2n) is 9.88. The fourth-order valence-corrected chi connectivity index (χ4v) is 7.65. The van der Waals surface area contributed by atoms with Gasteiger partial charge in [0, 0.05) is 11.8 Å². The topological polar surface area (TPSA) is 54.4 Å². The monoisotopic (exact) mass is 344 g/mol. The lowest BCUT2D eigenvalue weighted by Gasteiger charge is -2.58. The first-order chi connectivity index (χ1) is 11.6. The van der Waals surface area contributed by atoms with Crippen LogP contribution in [0.2, 0.25) is 0 Å². The Balaban J connectivity index is 1.72. The van der Waals surface area contributed by atoms with E-state index in [4.69, 9.17) is 0 Å². The summed E-state index contributed by atoms with van der Waals surface area (Å²) >= 11 is 0. The molecule has 0 heterocycles. The van der Waals surface area contributed by atoms with E-state index in [-0.39, 0.29) is 22.5 Å². The van der Waals surface area contributed by atoms with Crippen LogP contribution in [-0.2, 0) is 9.59 Å². The van der Waals surface area contributed by atoms with Crippen molar-refractivity contribution < 1.29 is 14.7 Å². The van der Waals surface area contributed by atoms with E-state index in [1.165, 1.54) is 5.57 Å². The van der Waals surface area contributed by atoms with Gasteiger partial charge in [-0.2, -0.15) is 0 Å². The standard InChI is InChI=1S/C22H32O3/c1-13-11-19-17-6-5-15-12-16(24)7-9-20(15,3)18(17)8-10-21(19,4)22(13,25)14(2)23/h12-13,17-19,25H,5-11H2,1-4H3. The minimum absolute atomic E-state index is 0.0384. The summed E-state index contributed by atoms with van der Waals surface area (Å²) in [5.74, 6) is 1.88. The normalized spacial score (nSPS) is 52.0. The number of hydrogen-bond donors (Lipinski definition) is 1. The Morgan fingerprint density at radius 1 is 1.16 bits per heavy atom. The second kappa shape index (κ2) is 5.28. The second-order valence-corrected chi connectivity index (χ2v) is 9.88. The highest BCUT2D eigenvalue weighted by Gasteiger charge is 2.67. The molecule has 138 valence electrons. The molecular formula is C22H32O3. The molecule has 0 aliphatic heterocycles. The van der Waals surface area contributed by atoms with Gasteiger partial charge in [-0.15, -0.1) is 0 Å². The number of ketones is 2. The number of Topliss-reactive ketones (excluding diaryl/α,β-unsaturated/α-hetero) is 1. The molecule has 7 unspecified atom stereocenters. The molecule has 4 rings (SSSR count). The van der Waals surface area contributed by atoms with Gasteiger partial charge in [-0.1, -0.05) is 26.3 Å². The third-order valence-corrected chi connectivity index (χ3v) is 9.08. The van der Waals surface area contributed by atoms with Gasteiger partial charge in [0.15, 0.2) is 11.6 Å². The number of fused-ring (bicyclic) bond motifs is 5. The molecule has 3 nitrogen and oxygen atoms in total. The van der Waals surface area contributed by atoms with Gasteiger partial charge < -0.3 is 5.11 Å². The molecule has 3 saturated carbocycles. The summed E-state index contributed by atoms with van der Waals surface area (Å²) in [5.41, 5.74) is 0.0728. The fraction of sp³-hybridized carbons (Fsp3) is 0.818. The number of aliphatic hydroxyl groups is 1. The van der Waals surface area contributed by atoms with Crippen molar-refractivity contribution in [2.24, 2.45) is 34.5 Å². The van der Waals surface area contributed by atoms with Crippen LogP contribution >= 0.6 is 0 Å². The summed E-state index contributed by atoms with van der Waals surface area (Å²) in [7, 11) is 0. The van der Waals surface area contributed by atoms with E-state index < -0.39 is 5.60 Å². The summed E-state index contributed by atoms with van der Waals surface area (Å²) in [6.07, 6.45) is 8.69. The van der Waals surface area contributed by atoms with E-state index in [0.717, 1.165) is 38.5 Å². The molecule has 3 fully saturated rings. The van der Waals surface area contributed by atoms with Crippen molar-refractivity contribution in [1.82, 2.24) is 0 Å². The maximum Gasteiger partial charge on any atom is 0.162 e. The molecule has 25 heavy (non-hydrogen) atoms. The van der Waals surface area contributed by atoms with E-state index in [9.17, 15) is 14.7 Å². The Morgan fingerprint density at radius 2 is 1.88 bits per heavy atom. The molecule has 0 aromatic rings. The minimum Gasteiger partial charge on any atom is -0.381 e. The largest absolute Gasteiger partial charge is 0.381 e. The van der Waals surface area contributed by atoms with Crippen molar-refractivity contribution in [2.75, 3.05) is 0 Å². The molecule has 0 bridgehead atoms. The zero-order chi connectivity index (χ0) is 18.2. The van der Waals surface area contributed by atoms with E-state index in [0.29, 0.717) is 30.0 Å². The number of carbonyl (C=O) groups excluding carboxylic acids is 2. The van der Waals surface area contributed by atoms with Gasteiger partial charge >= 0.3 is 0 Å². The van der Waals surface area contributed by atoms with Crippen molar-refractivity contribution in [2.45, 2.75) is 78.2 Å². The number of allylic oxidation sites excluding steroid dienone is 1. The zero-order valence-corrected chi connectivity index (χ0v) is 16.1. The first-order valence-corrected chi connectivity index (χ1v) is 10.1. The van der Waals surface area contributed by atoms with E-state index in [1.54, 1.807) is 6.92 Å². The van der Waals surface area contributed by atoms with Gasteiger partial charge in [0.05, 0.1) is 0 Å². The molecule has 0 radical (unpaired) electrons. The van der Waals surface area contributed by atoms with Crippen molar-refractivity contribution in [3.63, 3.8) is 0 Å². The third-order valence-electron chi connectivity index (χ3n) is 9.08. The molecule has 7 atom stereocenters. The Bertz CT molecular complexity index is 664. The summed E-state index contributed by atoms with van der Waals surface area (Å²) in [6.45, 7) is 8.19. The Hall–Kier alpha value is -0.960. The highest BCUT2D eigenvalue weighted by atomic mass is 16.3. The lowest BCUT2D eigenvalue weighted by molar-refractivity contribution is -0.165. The SMILES string of the molecule is CC(=O)C1(O)C(C)CC2C3CCC4=CC(=O)CCC4(C)C3CCC21C. The van der Waals surface area contributed by atoms with Crippen LogP contribution in [0, 0.1) is 34.5 Å². The summed E-state index contributed by atoms with van der Waals surface area (Å²) in [6, 6.07) is 0. The summed E-state index contributed by atoms with van der Waals surface area (Å²) < 4.78 is 0. The van der Waals surface area contributed by atoms with Crippen LogP contribution in [-0.4, -0.2) is 22.3 Å². The quantitative estimate of drug-likeness (QED) is 0.779. The van der Waals surface area contributed by atoms with Gasteiger partial charge in [0.25, 0.3) is 0 Å². The van der Waals surface area contributed by atoms with Crippen LogP contribution in [0.15, 0.2) is 11.6 Å². The maximum absolute atomic E-state index is 12.4. The summed E-state index contributed by atoms with van der Waals surface area (Å²) in [5, 5.41) is 11.4. The molecule has 0 aromatic carbocycles. The molecule has 3 heteroatoms. The molecule has 1 N–H and O–H groups in total.